The standard InChI is InChI=1S/C26H32N2O6/c1-6-27(7-2)12-13-28-23(17-8-10-19(29)21(15-17)34-5)22(25(31)26(28)32)24(30)18-9-11-20(33-4)16(3)14-18/h8-11,14-15,23,29-30H,6-7,12-13H2,1-5H3/t23-/m1/s1. The fourth-order valence-electron chi connectivity index (χ4n) is 4.29. The highest BCUT2D eigenvalue weighted by atomic mass is 16.5. The van der Waals surface area contributed by atoms with Crippen LogP contribution in [0.2, 0.25) is 0 Å². The molecule has 2 N–H and O–H groups in total. The number of carbonyl (C=O) groups excluding carboxylic acids is 2. The highest BCUT2D eigenvalue weighted by Crippen LogP contribution is 2.42. The quantitative estimate of drug-likeness (QED) is 0.330. The zero-order chi connectivity index (χ0) is 25.0. The maximum atomic E-state index is 13.2. The molecule has 0 aliphatic carbocycles. The molecule has 1 aliphatic heterocycles. The third kappa shape index (κ3) is 4.72. The number of amides is 1. The number of benzene rings is 2. The predicted molar refractivity (Wildman–Crippen MR) is 129 cm³/mol. The van der Waals surface area contributed by atoms with Gasteiger partial charge in [0.25, 0.3) is 11.7 Å². The van der Waals surface area contributed by atoms with Crippen molar-refractivity contribution in [2.75, 3.05) is 40.4 Å². The van der Waals surface area contributed by atoms with E-state index in [1.54, 1.807) is 37.4 Å². The molecule has 8 heteroatoms. The van der Waals surface area contributed by atoms with E-state index in [0.29, 0.717) is 30.0 Å². The van der Waals surface area contributed by atoms with Gasteiger partial charge in [-0.2, -0.15) is 0 Å². The minimum absolute atomic E-state index is 0.00172. The van der Waals surface area contributed by atoms with E-state index in [4.69, 9.17) is 9.47 Å². The Labute approximate surface area is 200 Å². The smallest absolute Gasteiger partial charge is 0.295 e. The Morgan fingerprint density at radius 3 is 2.29 bits per heavy atom. The lowest BCUT2D eigenvalue weighted by Gasteiger charge is -2.28. The molecule has 2 aromatic rings. The number of aliphatic hydroxyl groups excluding tert-OH is 1. The SMILES string of the molecule is CCN(CC)CCN1C(=O)C(=O)C(=C(O)c2ccc(OC)c(C)c2)[C@H]1c1ccc(O)c(OC)c1. The molecule has 182 valence electrons. The van der Waals surface area contributed by atoms with Gasteiger partial charge in [-0.15, -0.1) is 0 Å². The lowest BCUT2D eigenvalue weighted by Crippen LogP contribution is -2.38. The van der Waals surface area contributed by atoms with Gasteiger partial charge < -0.3 is 29.5 Å². The average molecular weight is 469 g/mol. The van der Waals surface area contributed by atoms with E-state index in [1.165, 1.54) is 18.1 Å². The minimum atomic E-state index is -0.826. The Balaban J connectivity index is 2.16. The summed E-state index contributed by atoms with van der Waals surface area (Å²) in [6.45, 7) is 8.40. The number of aromatic hydroxyl groups is 1. The fraction of sp³-hybridized carbons (Fsp3) is 0.385. The van der Waals surface area contributed by atoms with E-state index in [0.717, 1.165) is 18.7 Å². The second-order valence-electron chi connectivity index (χ2n) is 8.14. The van der Waals surface area contributed by atoms with Crippen molar-refractivity contribution < 1.29 is 29.3 Å². The molecule has 0 aromatic heterocycles. The molecule has 8 nitrogen and oxygen atoms in total. The summed E-state index contributed by atoms with van der Waals surface area (Å²) in [5, 5.41) is 21.3. The van der Waals surface area contributed by atoms with Gasteiger partial charge in [-0.05, 0) is 61.5 Å². The molecule has 0 spiro atoms. The van der Waals surface area contributed by atoms with Crippen molar-refractivity contribution in [1.82, 2.24) is 9.80 Å². The second-order valence-corrected chi connectivity index (χ2v) is 8.14. The fourth-order valence-corrected chi connectivity index (χ4v) is 4.29. The minimum Gasteiger partial charge on any atom is -0.507 e. The van der Waals surface area contributed by atoms with Gasteiger partial charge in [0, 0.05) is 18.7 Å². The molecule has 1 aliphatic rings. The Morgan fingerprint density at radius 2 is 1.71 bits per heavy atom. The Kier molecular flexibility index (Phi) is 7.83. The number of ketones is 1. The van der Waals surface area contributed by atoms with E-state index in [2.05, 4.69) is 4.90 Å². The summed E-state index contributed by atoms with van der Waals surface area (Å²) in [7, 11) is 2.98. The third-order valence-electron chi connectivity index (χ3n) is 6.28. The van der Waals surface area contributed by atoms with Crippen molar-refractivity contribution in [2.45, 2.75) is 26.8 Å². The molecule has 0 radical (unpaired) electrons. The molecule has 1 saturated heterocycles. The number of nitrogens with zero attached hydrogens (tertiary/aromatic N) is 2. The summed E-state index contributed by atoms with van der Waals surface area (Å²) in [6.07, 6.45) is 0. The van der Waals surface area contributed by atoms with Crippen LogP contribution >= 0.6 is 0 Å². The summed E-state index contributed by atoms with van der Waals surface area (Å²) in [5.41, 5.74) is 1.75. The molecular formula is C26H32N2O6. The summed E-state index contributed by atoms with van der Waals surface area (Å²) >= 11 is 0. The molecule has 0 unspecified atom stereocenters. The number of methoxy groups -OCH3 is 2. The van der Waals surface area contributed by atoms with Gasteiger partial charge in [-0.3, -0.25) is 9.59 Å². The van der Waals surface area contributed by atoms with Crippen LogP contribution in [0.25, 0.3) is 5.76 Å². The van der Waals surface area contributed by atoms with E-state index in [-0.39, 0.29) is 22.8 Å². The Bertz CT molecular complexity index is 1110. The Hall–Kier alpha value is -3.52. The van der Waals surface area contributed by atoms with Crippen LogP contribution in [-0.2, 0) is 9.59 Å². The predicted octanol–water partition coefficient (Wildman–Crippen LogP) is 3.48. The van der Waals surface area contributed by atoms with E-state index in [1.807, 2.05) is 20.8 Å². The second kappa shape index (κ2) is 10.6. The highest BCUT2D eigenvalue weighted by Gasteiger charge is 2.46. The molecule has 34 heavy (non-hydrogen) atoms. The number of aryl methyl sites for hydroxylation is 1. The van der Waals surface area contributed by atoms with Crippen LogP contribution < -0.4 is 9.47 Å². The lowest BCUT2D eigenvalue weighted by molar-refractivity contribution is -0.140. The topological polar surface area (TPSA) is 99.5 Å². The van der Waals surface area contributed by atoms with Gasteiger partial charge in [0.05, 0.1) is 25.8 Å². The zero-order valence-corrected chi connectivity index (χ0v) is 20.3. The van der Waals surface area contributed by atoms with Crippen LogP contribution in [0.5, 0.6) is 17.2 Å². The van der Waals surface area contributed by atoms with E-state index < -0.39 is 17.7 Å². The number of phenolic OH excluding ortho intramolecular Hbond substituents is 1. The summed E-state index contributed by atoms with van der Waals surface area (Å²) in [4.78, 5) is 30.0. The highest BCUT2D eigenvalue weighted by molar-refractivity contribution is 6.46. The first-order chi connectivity index (χ1) is 16.3. The maximum absolute atomic E-state index is 13.2. The van der Waals surface area contributed by atoms with Crippen molar-refractivity contribution >= 4 is 17.4 Å². The number of phenols is 1. The van der Waals surface area contributed by atoms with Gasteiger partial charge >= 0.3 is 0 Å². The van der Waals surface area contributed by atoms with Crippen LogP contribution in [0, 0.1) is 6.92 Å². The number of rotatable bonds is 9. The summed E-state index contributed by atoms with van der Waals surface area (Å²) < 4.78 is 10.5. The lowest BCUT2D eigenvalue weighted by atomic mass is 9.94. The van der Waals surface area contributed by atoms with Gasteiger partial charge in [0.2, 0.25) is 0 Å². The first-order valence-corrected chi connectivity index (χ1v) is 11.3. The van der Waals surface area contributed by atoms with Gasteiger partial charge in [-0.25, -0.2) is 0 Å². The number of likely N-dealkylation sites (N-methyl/N-ethyl adjacent to an activating group) is 1. The van der Waals surface area contributed by atoms with Crippen LogP contribution in [0.3, 0.4) is 0 Å². The van der Waals surface area contributed by atoms with Crippen molar-refractivity contribution in [2.24, 2.45) is 0 Å². The molecule has 2 aromatic carbocycles. The van der Waals surface area contributed by atoms with Crippen molar-refractivity contribution in [3.8, 4) is 17.2 Å². The summed E-state index contributed by atoms with van der Waals surface area (Å²) in [5.74, 6) is -0.870. The monoisotopic (exact) mass is 468 g/mol. The molecular weight excluding hydrogens is 436 g/mol. The zero-order valence-electron chi connectivity index (χ0n) is 20.3. The van der Waals surface area contributed by atoms with Gasteiger partial charge in [0.1, 0.15) is 11.5 Å². The first-order valence-electron chi connectivity index (χ1n) is 11.3. The number of aliphatic hydroxyl groups is 1. The van der Waals surface area contributed by atoms with E-state index in [9.17, 15) is 19.8 Å². The normalized spacial score (nSPS) is 17.5. The number of ether oxygens (including phenoxy) is 2. The third-order valence-corrected chi connectivity index (χ3v) is 6.28. The van der Waals surface area contributed by atoms with Crippen LogP contribution in [0.15, 0.2) is 42.0 Å². The van der Waals surface area contributed by atoms with Gasteiger partial charge in [-0.1, -0.05) is 19.9 Å². The van der Waals surface area contributed by atoms with Crippen LogP contribution in [0.1, 0.15) is 36.6 Å². The van der Waals surface area contributed by atoms with Crippen molar-refractivity contribution in [1.29, 1.82) is 0 Å². The van der Waals surface area contributed by atoms with Crippen molar-refractivity contribution in [3.05, 3.63) is 58.7 Å². The maximum Gasteiger partial charge on any atom is 0.295 e. The molecule has 1 heterocycles. The number of hydrogen-bond donors (Lipinski definition) is 2. The van der Waals surface area contributed by atoms with Crippen LogP contribution in [0.4, 0.5) is 0 Å². The molecule has 1 amide bonds. The number of Topliss-reactive ketones (excluding diaryl/α,β-unsaturated/α-hetero) is 1. The number of hydrogen-bond acceptors (Lipinski definition) is 7. The van der Waals surface area contributed by atoms with Crippen LogP contribution in [-0.4, -0.2) is 72.1 Å². The van der Waals surface area contributed by atoms with E-state index >= 15 is 0 Å². The molecule has 3 rings (SSSR count). The molecule has 0 saturated carbocycles. The van der Waals surface area contributed by atoms with Gasteiger partial charge in [0.15, 0.2) is 11.5 Å². The first kappa shape index (κ1) is 25.1. The van der Waals surface area contributed by atoms with Crippen molar-refractivity contribution in [3.63, 3.8) is 0 Å². The largest absolute Gasteiger partial charge is 0.507 e. The Morgan fingerprint density at radius 1 is 1.03 bits per heavy atom. The molecule has 1 atom stereocenters. The molecule has 1 fully saturated rings. The number of likely N-dealkylation sites (tertiary alicyclic amines) is 1. The molecule has 0 bridgehead atoms. The number of carbonyl (C=O) groups is 2. The summed E-state index contributed by atoms with van der Waals surface area (Å²) in [6, 6.07) is 8.92. The average Bonchev–Trinajstić information content (AvgIpc) is 3.09.